The summed E-state index contributed by atoms with van der Waals surface area (Å²) in [5.41, 5.74) is 1.80. The molecule has 2 bridgehead atoms. The van der Waals surface area contributed by atoms with Gasteiger partial charge in [0.05, 0.1) is 35.8 Å². The maximum atomic E-state index is 15.0. The number of amides is 2. The number of rotatable bonds is 16. The van der Waals surface area contributed by atoms with Crippen LogP contribution in [-0.2, 0) is 19.1 Å². The first kappa shape index (κ1) is 34.1. The van der Waals surface area contributed by atoms with E-state index in [0.717, 1.165) is 37.3 Å². The Kier molecular flexibility index (Phi) is 10.9. The third-order valence-electron chi connectivity index (χ3n) is 10.2. The van der Waals surface area contributed by atoms with Crippen LogP contribution in [0.5, 0.6) is 0 Å². The molecule has 242 valence electrons. The summed E-state index contributed by atoms with van der Waals surface area (Å²) in [6.45, 7) is 20.0. The Morgan fingerprint density at radius 1 is 1.14 bits per heavy atom. The maximum Gasteiger partial charge on any atom is 0.311 e. The summed E-state index contributed by atoms with van der Waals surface area (Å²) in [4.78, 5) is 48.9. The summed E-state index contributed by atoms with van der Waals surface area (Å²) >= 11 is 1.63. The SMILES string of the molecule is C=CCCCOC(=O)[C@H]1[C@H]2C(=O)N([C@@H](CO)[C@@H](C)CC)C(C(=O)N(CC=C)c3ccc(N(CC)CC)cc3)C23CC[C@]1(C)S3. The molecule has 3 aliphatic rings. The Hall–Kier alpha value is -2.78. The first-order chi connectivity index (χ1) is 21.1. The van der Waals surface area contributed by atoms with Gasteiger partial charge in [-0.1, -0.05) is 32.4 Å². The van der Waals surface area contributed by atoms with Crippen LogP contribution in [0.4, 0.5) is 11.4 Å². The molecule has 2 amide bonds. The predicted molar refractivity (Wildman–Crippen MR) is 179 cm³/mol. The average molecular weight is 626 g/mol. The van der Waals surface area contributed by atoms with E-state index in [1.165, 1.54) is 0 Å². The van der Waals surface area contributed by atoms with Crippen LogP contribution in [0.2, 0.25) is 0 Å². The number of benzene rings is 1. The second-order valence-electron chi connectivity index (χ2n) is 12.6. The fraction of sp³-hybridized carbons (Fsp3) is 0.629. The zero-order chi connectivity index (χ0) is 32.2. The molecule has 8 nitrogen and oxygen atoms in total. The van der Waals surface area contributed by atoms with Gasteiger partial charge in [-0.05, 0) is 76.6 Å². The lowest BCUT2D eigenvalue weighted by Gasteiger charge is -2.41. The molecule has 4 rings (SSSR count). The van der Waals surface area contributed by atoms with Gasteiger partial charge in [0, 0.05) is 35.8 Å². The van der Waals surface area contributed by atoms with Crippen LogP contribution in [-0.4, -0.2) is 82.2 Å². The van der Waals surface area contributed by atoms with E-state index in [0.29, 0.717) is 19.3 Å². The number of aliphatic hydroxyl groups excluding tert-OH is 1. The molecule has 0 saturated carbocycles. The molecule has 1 N–H and O–H groups in total. The molecular formula is C35H51N3O5S. The highest BCUT2D eigenvalue weighted by Crippen LogP contribution is 2.72. The number of anilines is 2. The molecule has 0 radical (unpaired) electrons. The average Bonchev–Trinajstić information content (AvgIpc) is 3.59. The molecule has 1 aromatic rings. The quantitative estimate of drug-likeness (QED) is 0.148. The monoisotopic (exact) mass is 625 g/mol. The Labute approximate surface area is 267 Å². The molecule has 7 atom stereocenters. The number of likely N-dealkylation sites (tertiary alicyclic amines) is 1. The van der Waals surface area contributed by atoms with Gasteiger partial charge < -0.3 is 24.5 Å². The van der Waals surface area contributed by atoms with Gasteiger partial charge in [-0.25, -0.2) is 0 Å². The van der Waals surface area contributed by atoms with E-state index in [2.05, 4.69) is 31.9 Å². The number of carbonyl (C=O) groups excluding carboxylic acids is 3. The molecular weight excluding hydrogens is 574 g/mol. The van der Waals surface area contributed by atoms with Gasteiger partial charge >= 0.3 is 5.97 Å². The number of nitrogens with zero attached hydrogens (tertiary/aromatic N) is 3. The molecule has 0 aromatic heterocycles. The number of hydrogen-bond donors (Lipinski definition) is 1. The first-order valence-corrected chi connectivity index (χ1v) is 17.1. The van der Waals surface area contributed by atoms with Gasteiger partial charge in [0.15, 0.2) is 0 Å². The Morgan fingerprint density at radius 3 is 2.36 bits per heavy atom. The van der Waals surface area contributed by atoms with Gasteiger partial charge in [-0.3, -0.25) is 14.4 Å². The summed E-state index contributed by atoms with van der Waals surface area (Å²) in [7, 11) is 0. The van der Waals surface area contributed by atoms with Gasteiger partial charge in [-0.2, -0.15) is 0 Å². The molecule has 1 aromatic carbocycles. The summed E-state index contributed by atoms with van der Waals surface area (Å²) in [5.74, 6) is -2.18. The van der Waals surface area contributed by atoms with Crippen LogP contribution >= 0.6 is 11.8 Å². The molecule has 3 saturated heterocycles. The summed E-state index contributed by atoms with van der Waals surface area (Å²) < 4.78 is 4.45. The number of aliphatic hydroxyl groups is 1. The lowest BCUT2D eigenvalue weighted by Crippen LogP contribution is -2.58. The summed E-state index contributed by atoms with van der Waals surface area (Å²) in [5, 5.41) is 10.7. The van der Waals surface area contributed by atoms with Crippen molar-refractivity contribution in [3.8, 4) is 0 Å². The Morgan fingerprint density at radius 2 is 1.80 bits per heavy atom. The van der Waals surface area contributed by atoms with Crippen molar-refractivity contribution in [2.24, 2.45) is 17.8 Å². The molecule has 3 heterocycles. The minimum Gasteiger partial charge on any atom is -0.465 e. The lowest BCUT2D eigenvalue weighted by atomic mass is 9.66. The lowest BCUT2D eigenvalue weighted by molar-refractivity contribution is -0.156. The van der Waals surface area contributed by atoms with Crippen molar-refractivity contribution in [2.45, 2.75) is 88.3 Å². The first-order valence-electron chi connectivity index (χ1n) is 16.3. The topological polar surface area (TPSA) is 90.4 Å². The normalized spacial score (nSPS) is 28.4. The van der Waals surface area contributed by atoms with Crippen molar-refractivity contribution in [1.29, 1.82) is 0 Å². The number of hydrogen-bond acceptors (Lipinski definition) is 7. The fourth-order valence-electron chi connectivity index (χ4n) is 7.69. The highest BCUT2D eigenvalue weighted by atomic mass is 32.2. The van der Waals surface area contributed by atoms with Crippen molar-refractivity contribution < 1.29 is 24.2 Å². The third-order valence-corrected chi connectivity index (χ3v) is 12.2. The highest BCUT2D eigenvalue weighted by molar-refractivity contribution is 8.02. The minimum atomic E-state index is -0.834. The van der Waals surface area contributed by atoms with Crippen LogP contribution in [0.3, 0.4) is 0 Å². The summed E-state index contributed by atoms with van der Waals surface area (Å²) in [6, 6.07) is 6.57. The number of allylic oxidation sites excluding steroid dienone is 1. The molecule has 44 heavy (non-hydrogen) atoms. The van der Waals surface area contributed by atoms with Crippen molar-refractivity contribution in [3.05, 3.63) is 49.6 Å². The molecule has 9 heteroatoms. The Balaban J connectivity index is 1.78. The number of unbranched alkanes of at least 4 members (excludes halogenated alkanes) is 1. The van der Waals surface area contributed by atoms with E-state index in [-0.39, 0.29) is 43.5 Å². The standard InChI is InChI=1S/C35H51N3O5S/c1-8-13-14-22-43-33(42)29-28-31(40)38(27(23-39)24(6)10-3)30(35(28)20-19-34(29,7)44-35)32(41)37(21-9-2)26-17-15-25(16-18-26)36(11-4)12-5/h8-9,15-18,24,27-30,39H,1-2,10-14,19-23H2,3-7H3/t24-,27-,28-,29+,30?,34-,35?/m0/s1. The van der Waals surface area contributed by atoms with E-state index in [1.54, 1.807) is 33.7 Å². The number of fused-ring (bicyclic) bond motifs is 1. The van der Waals surface area contributed by atoms with Crippen LogP contribution in [0.25, 0.3) is 0 Å². The molecule has 3 fully saturated rings. The van der Waals surface area contributed by atoms with Crippen molar-refractivity contribution in [3.63, 3.8) is 0 Å². The highest BCUT2D eigenvalue weighted by Gasteiger charge is 2.78. The van der Waals surface area contributed by atoms with Gasteiger partial charge in [0.25, 0.3) is 5.91 Å². The van der Waals surface area contributed by atoms with Gasteiger partial charge in [-0.15, -0.1) is 24.9 Å². The van der Waals surface area contributed by atoms with Crippen LogP contribution in [0, 0.1) is 17.8 Å². The van der Waals surface area contributed by atoms with Gasteiger partial charge in [0.2, 0.25) is 5.91 Å². The van der Waals surface area contributed by atoms with Crippen LogP contribution < -0.4 is 9.80 Å². The Bertz CT molecular complexity index is 1220. The van der Waals surface area contributed by atoms with Crippen molar-refractivity contribution in [2.75, 3.05) is 42.6 Å². The minimum absolute atomic E-state index is 0.0437. The van der Waals surface area contributed by atoms with Crippen LogP contribution in [0.15, 0.2) is 49.6 Å². The maximum absolute atomic E-state index is 15.0. The van der Waals surface area contributed by atoms with E-state index in [4.69, 9.17) is 4.74 Å². The van der Waals surface area contributed by atoms with Crippen molar-refractivity contribution >= 4 is 40.9 Å². The fourth-order valence-corrected chi connectivity index (χ4v) is 10.0. The number of thioether (sulfide) groups is 1. The zero-order valence-electron chi connectivity index (χ0n) is 27.2. The third kappa shape index (κ3) is 5.82. The smallest absolute Gasteiger partial charge is 0.311 e. The van der Waals surface area contributed by atoms with Crippen LogP contribution in [0.1, 0.15) is 66.7 Å². The van der Waals surface area contributed by atoms with Crippen molar-refractivity contribution in [1.82, 2.24) is 4.90 Å². The molecule has 1 spiro atoms. The number of carbonyl (C=O) groups is 3. The van der Waals surface area contributed by atoms with E-state index in [9.17, 15) is 19.5 Å². The molecule has 3 aliphatic heterocycles. The number of ether oxygens (including phenoxy) is 1. The zero-order valence-corrected chi connectivity index (χ0v) is 28.0. The number of esters is 1. The molecule has 0 aliphatic carbocycles. The summed E-state index contributed by atoms with van der Waals surface area (Å²) in [6.07, 6.45) is 6.99. The predicted octanol–water partition coefficient (Wildman–Crippen LogP) is 5.45. The van der Waals surface area contributed by atoms with E-state index >= 15 is 0 Å². The second kappa shape index (κ2) is 14.1. The molecule has 2 unspecified atom stereocenters. The van der Waals surface area contributed by atoms with E-state index in [1.807, 2.05) is 45.0 Å². The largest absolute Gasteiger partial charge is 0.465 e. The second-order valence-corrected chi connectivity index (χ2v) is 14.5. The van der Waals surface area contributed by atoms with E-state index < -0.39 is 33.4 Å². The van der Waals surface area contributed by atoms with Gasteiger partial charge in [0.1, 0.15) is 6.04 Å².